The van der Waals surface area contributed by atoms with Crippen LogP contribution in [0.2, 0.25) is 5.02 Å². The van der Waals surface area contributed by atoms with Gasteiger partial charge in [-0.3, -0.25) is 14.6 Å². The van der Waals surface area contributed by atoms with Gasteiger partial charge in [0.25, 0.3) is 0 Å². The van der Waals surface area contributed by atoms with Crippen molar-refractivity contribution in [3.8, 4) is 0 Å². The van der Waals surface area contributed by atoms with Crippen molar-refractivity contribution in [2.24, 2.45) is 0 Å². The minimum absolute atomic E-state index is 0.0798. The van der Waals surface area contributed by atoms with Gasteiger partial charge < -0.3 is 5.32 Å². The van der Waals surface area contributed by atoms with E-state index in [1.807, 2.05) is 24.3 Å². The molecule has 0 aliphatic carbocycles. The van der Waals surface area contributed by atoms with Crippen LogP contribution in [0.4, 0.5) is 0 Å². The minimum atomic E-state index is 0.0798. The number of thiophene rings is 1. The standard InChI is InChI=1S/C18H22ClN3OS/c19-17-3-1-15(2-4-17)11-20-18(23)13-22-8-6-21(7-9-22)12-16-5-10-24-14-16/h1-5,10,14H,6-9,11-13H2,(H,20,23). The van der Waals surface area contributed by atoms with E-state index in [1.165, 1.54) is 5.56 Å². The zero-order chi connectivity index (χ0) is 16.8. The third-order valence-corrected chi connectivity index (χ3v) is 5.21. The van der Waals surface area contributed by atoms with E-state index in [0.29, 0.717) is 18.1 Å². The molecule has 0 saturated carbocycles. The van der Waals surface area contributed by atoms with Crippen LogP contribution < -0.4 is 5.32 Å². The van der Waals surface area contributed by atoms with Gasteiger partial charge in [-0.2, -0.15) is 11.3 Å². The van der Waals surface area contributed by atoms with Crippen LogP contribution in [-0.2, 0) is 17.9 Å². The zero-order valence-corrected chi connectivity index (χ0v) is 15.2. The highest BCUT2D eigenvalue weighted by molar-refractivity contribution is 7.07. The number of rotatable bonds is 6. The number of nitrogens with one attached hydrogen (secondary N) is 1. The molecule has 1 saturated heterocycles. The molecule has 24 heavy (non-hydrogen) atoms. The maximum atomic E-state index is 12.1. The number of carbonyl (C=O) groups excluding carboxylic acids is 1. The van der Waals surface area contributed by atoms with Gasteiger partial charge in [0.2, 0.25) is 5.91 Å². The van der Waals surface area contributed by atoms with Crippen LogP contribution in [-0.4, -0.2) is 48.4 Å². The molecular formula is C18H22ClN3OS. The first kappa shape index (κ1) is 17.4. The fourth-order valence-electron chi connectivity index (χ4n) is 2.81. The molecule has 2 aromatic rings. The monoisotopic (exact) mass is 363 g/mol. The van der Waals surface area contributed by atoms with Crippen LogP contribution in [0.25, 0.3) is 0 Å². The van der Waals surface area contributed by atoms with Crippen molar-refractivity contribution in [1.29, 1.82) is 0 Å². The average molecular weight is 364 g/mol. The summed E-state index contributed by atoms with van der Waals surface area (Å²) in [6.45, 7) is 5.95. The number of benzene rings is 1. The molecule has 3 rings (SSSR count). The second-order valence-corrected chi connectivity index (χ2v) is 7.30. The predicted octanol–water partition coefficient (Wildman–Crippen LogP) is 2.84. The van der Waals surface area contributed by atoms with Crippen molar-refractivity contribution in [2.45, 2.75) is 13.1 Å². The predicted molar refractivity (Wildman–Crippen MR) is 99.3 cm³/mol. The molecule has 1 amide bonds. The minimum Gasteiger partial charge on any atom is -0.351 e. The fourth-order valence-corrected chi connectivity index (χ4v) is 3.59. The first-order valence-corrected chi connectivity index (χ1v) is 9.48. The van der Waals surface area contributed by atoms with Gasteiger partial charge in [-0.25, -0.2) is 0 Å². The molecule has 4 nitrogen and oxygen atoms in total. The molecule has 0 spiro atoms. The number of hydrogen-bond donors (Lipinski definition) is 1. The molecule has 0 unspecified atom stereocenters. The van der Waals surface area contributed by atoms with Gasteiger partial charge >= 0.3 is 0 Å². The quantitative estimate of drug-likeness (QED) is 0.857. The molecule has 0 radical (unpaired) electrons. The highest BCUT2D eigenvalue weighted by atomic mass is 35.5. The zero-order valence-electron chi connectivity index (χ0n) is 13.6. The summed E-state index contributed by atoms with van der Waals surface area (Å²) < 4.78 is 0. The van der Waals surface area contributed by atoms with E-state index in [-0.39, 0.29) is 5.91 Å². The van der Waals surface area contributed by atoms with Gasteiger partial charge in [-0.15, -0.1) is 0 Å². The molecule has 128 valence electrons. The first-order valence-electron chi connectivity index (χ1n) is 8.16. The molecular weight excluding hydrogens is 342 g/mol. The number of amides is 1. The van der Waals surface area contributed by atoms with Gasteiger partial charge in [-0.05, 0) is 40.1 Å². The summed E-state index contributed by atoms with van der Waals surface area (Å²) in [6.07, 6.45) is 0. The van der Waals surface area contributed by atoms with E-state index in [1.54, 1.807) is 11.3 Å². The molecule has 1 aliphatic rings. The van der Waals surface area contributed by atoms with Crippen LogP contribution in [0.5, 0.6) is 0 Å². The smallest absolute Gasteiger partial charge is 0.234 e. The van der Waals surface area contributed by atoms with Crippen molar-refractivity contribution >= 4 is 28.8 Å². The van der Waals surface area contributed by atoms with Crippen LogP contribution in [0.15, 0.2) is 41.1 Å². The average Bonchev–Trinajstić information content (AvgIpc) is 3.09. The molecule has 0 bridgehead atoms. The number of halogens is 1. The van der Waals surface area contributed by atoms with E-state index in [9.17, 15) is 4.79 Å². The van der Waals surface area contributed by atoms with Crippen molar-refractivity contribution in [3.05, 3.63) is 57.2 Å². The molecule has 0 atom stereocenters. The fraction of sp³-hybridized carbons (Fsp3) is 0.389. The summed E-state index contributed by atoms with van der Waals surface area (Å²) in [6, 6.07) is 9.74. The van der Waals surface area contributed by atoms with Crippen molar-refractivity contribution in [3.63, 3.8) is 0 Å². The Bertz CT molecular complexity index is 637. The highest BCUT2D eigenvalue weighted by Crippen LogP contribution is 2.12. The van der Waals surface area contributed by atoms with Crippen LogP contribution in [0.1, 0.15) is 11.1 Å². The first-order chi connectivity index (χ1) is 11.7. The Morgan fingerprint density at radius 3 is 2.42 bits per heavy atom. The number of carbonyl (C=O) groups is 1. The molecule has 1 aromatic heterocycles. The lowest BCUT2D eigenvalue weighted by molar-refractivity contribution is -0.122. The van der Waals surface area contributed by atoms with Crippen molar-refractivity contribution in [2.75, 3.05) is 32.7 Å². The lowest BCUT2D eigenvalue weighted by Gasteiger charge is -2.34. The molecule has 1 N–H and O–H groups in total. The van der Waals surface area contributed by atoms with E-state index >= 15 is 0 Å². The Kier molecular flexibility index (Phi) is 6.26. The summed E-state index contributed by atoms with van der Waals surface area (Å²) in [7, 11) is 0. The summed E-state index contributed by atoms with van der Waals surface area (Å²) >= 11 is 7.61. The number of nitrogens with zero attached hydrogens (tertiary/aromatic N) is 2. The van der Waals surface area contributed by atoms with E-state index in [2.05, 4.69) is 31.9 Å². The van der Waals surface area contributed by atoms with Crippen molar-refractivity contribution in [1.82, 2.24) is 15.1 Å². The Hall–Kier alpha value is -1.40. The van der Waals surface area contributed by atoms with Gasteiger partial charge in [0.05, 0.1) is 6.54 Å². The Morgan fingerprint density at radius 1 is 1.04 bits per heavy atom. The maximum Gasteiger partial charge on any atom is 0.234 e. The number of piperazine rings is 1. The lowest BCUT2D eigenvalue weighted by Crippen LogP contribution is -2.49. The molecule has 2 heterocycles. The Balaban J connectivity index is 1.36. The third-order valence-electron chi connectivity index (χ3n) is 4.22. The number of hydrogen-bond acceptors (Lipinski definition) is 4. The third kappa shape index (κ3) is 5.31. The van der Waals surface area contributed by atoms with Crippen LogP contribution in [0, 0.1) is 0 Å². The molecule has 1 aliphatic heterocycles. The second kappa shape index (κ2) is 8.62. The lowest BCUT2D eigenvalue weighted by atomic mass is 10.2. The SMILES string of the molecule is O=C(CN1CCN(Cc2ccsc2)CC1)NCc1ccc(Cl)cc1. The molecule has 1 fully saturated rings. The Morgan fingerprint density at radius 2 is 1.75 bits per heavy atom. The molecule has 6 heteroatoms. The summed E-state index contributed by atoms with van der Waals surface area (Å²) in [5.74, 6) is 0.0798. The molecule has 1 aromatic carbocycles. The van der Waals surface area contributed by atoms with Crippen LogP contribution in [0.3, 0.4) is 0 Å². The maximum absolute atomic E-state index is 12.1. The van der Waals surface area contributed by atoms with Gasteiger partial charge in [0, 0.05) is 44.3 Å². The Labute approximate surface area is 152 Å². The largest absolute Gasteiger partial charge is 0.351 e. The summed E-state index contributed by atoms with van der Waals surface area (Å²) in [5.41, 5.74) is 2.45. The van der Waals surface area contributed by atoms with Gasteiger partial charge in [-0.1, -0.05) is 23.7 Å². The van der Waals surface area contributed by atoms with E-state index in [0.717, 1.165) is 38.3 Å². The van der Waals surface area contributed by atoms with Crippen LogP contribution >= 0.6 is 22.9 Å². The normalized spacial score (nSPS) is 16.2. The summed E-state index contributed by atoms with van der Waals surface area (Å²) in [4.78, 5) is 16.8. The second-order valence-electron chi connectivity index (χ2n) is 6.09. The van der Waals surface area contributed by atoms with Crippen molar-refractivity contribution < 1.29 is 4.79 Å². The van der Waals surface area contributed by atoms with Gasteiger partial charge in [0.15, 0.2) is 0 Å². The van der Waals surface area contributed by atoms with E-state index < -0.39 is 0 Å². The van der Waals surface area contributed by atoms with E-state index in [4.69, 9.17) is 11.6 Å². The highest BCUT2D eigenvalue weighted by Gasteiger charge is 2.18. The summed E-state index contributed by atoms with van der Waals surface area (Å²) in [5, 5.41) is 8.02. The topological polar surface area (TPSA) is 35.6 Å². The van der Waals surface area contributed by atoms with Gasteiger partial charge in [0.1, 0.15) is 0 Å².